The Kier molecular flexibility index (Phi) is 7.94. The van der Waals surface area contributed by atoms with Crippen LogP contribution >= 0.6 is 11.8 Å². The summed E-state index contributed by atoms with van der Waals surface area (Å²) in [6.45, 7) is 4.09. The Balaban J connectivity index is 1.69. The van der Waals surface area contributed by atoms with Crippen LogP contribution in [0.25, 0.3) is 0 Å². The smallest absolute Gasteiger partial charge is 0.338 e. The number of ether oxygens (including phenoxy) is 3. The lowest BCUT2D eigenvalue weighted by Gasteiger charge is -2.36. The Morgan fingerprint density at radius 3 is 2.69 bits per heavy atom. The van der Waals surface area contributed by atoms with Crippen LogP contribution in [0.15, 0.2) is 70.0 Å². The number of pyridine rings is 1. The standard InChI is InChI=1S/C26H28N4O5S/c1-5-35-25(32)23-16(2)29-26-30(24(23)20-13-19(33-3)9-10-21(20)34-4)18(15-36-26)12-22(31)28-14-17-8-6-7-11-27-17/h6-11,13,15,24H,5,12,14H2,1-4H3,(H,28,31)/t24-/m0/s1. The zero-order valence-corrected chi connectivity index (χ0v) is 21.4. The molecule has 0 aliphatic carbocycles. The third-order valence-corrected chi connectivity index (χ3v) is 6.65. The number of methoxy groups -OCH3 is 2. The molecule has 2 aromatic rings. The lowest BCUT2D eigenvalue weighted by molar-refractivity contribution is -0.139. The second kappa shape index (κ2) is 11.3. The summed E-state index contributed by atoms with van der Waals surface area (Å²) < 4.78 is 16.5. The molecular weight excluding hydrogens is 480 g/mol. The predicted octanol–water partition coefficient (Wildman–Crippen LogP) is 3.94. The number of rotatable bonds is 9. The summed E-state index contributed by atoms with van der Waals surface area (Å²) >= 11 is 1.41. The number of hydrogen-bond acceptors (Lipinski definition) is 9. The lowest BCUT2D eigenvalue weighted by Crippen LogP contribution is -2.38. The number of allylic oxidation sites excluding steroid dienone is 1. The predicted molar refractivity (Wildman–Crippen MR) is 137 cm³/mol. The summed E-state index contributed by atoms with van der Waals surface area (Å²) in [5.41, 5.74) is 3.11. The van der Waals surface area contributed by atoms with Crippen molar-refractivity contribution in [2.45, 2.75) is 32.9 Å². The Labute approximate surface area is 214 Å². The van der Waals surface area contributed by atoms with Crippen LogP contribution < -0.4 is 14.8 Å². The van der Waals surface area contributed by atoms with Crippen LogP contribution in [0.5, 0.6) is 11.5 Å². The lowest BCUT2D eigenvalue weighted by atomic mass is 9.92. The topological polar surface area (TPSA) is 102 Å². The number of thioether (sulfide) groups is 1. The highest BCUT2D eigenvalue weighted by molar-refractivity contribution is 8.16. The van der Waals surface area contributed by atoms with Crippen LogP contribution in [-0.2, 0) is 20.9 Å². The molecule has 0 saturated heterocycles. The molecule has 4 rings (SSSR count). The highest BCUT2D eigenvalue weighted by Crippen LogP contribution is 2.47. The van der Waals surface area contributed by atoms with Gasteiger partial charge in [-0.25, -0.2) is 9.79 Å². The Morgan fingerprint density at radius 2 is 2.00 bits per heavy atom. The second-order valence-corrected chi connectivity index (χ2v) is 8.83. The number of aromatic nitrogens is 1. The Bertz CT molecular complexity index is 1240. The molecule has 1 atom stereocenters. The van der Waals surface area contributed by atoms with Crippen LogP contribution in [0, 0.1) is 0 Å². The average Bonchev–Trinajstić information content (AvgIpc) is 3.28. The van der Waals surface area contributed by atoms with Crippen LogP contribution in [0.2, 0.25) is 0 Å². The number of aliphatic imine (C=N–C) groups is 1. The van der Waals surface area contributed by atoms with Gasteiger partial charge in [0.05, 0.1) is 56.8 Å². The number of amides is 1. The monoisotopic (exact) mass is 508 g/mol. The minimum Gasteiger partial charge on any atom is -0.497 e. The Hall–Kier alpha value is -3.79. The number of benzene rings is 1. The molecular formula is C26H28N4O5S. The summed E-state index contributed by atoms with van der Waals surface area (Å²) in [7, 11) is 3.15. The first-order valence-corrected chi connectivity index (χ1v) is 12.3. The van der Waals surface area contributed by atoms with Gasteiger partial charge in [0.25, 0.3) is 0 Å². The third-order valence-electron chi connectivity index (χ3n) is 5.76. The fourth-order valence-corrected chi connectivity index (χ4v) is 5.07. The van der Waals surface area contributed by atoms with Crippen molar-refractivity contribution in [2.75, 3.05) is 20.8 Å². The normalized spacial score (nSPS) is 16.7. The number of nitrogens with one attached hydrogen (secondary N) is 1. The zero-order valence-electron chi connectivity index (χ0n) is 20.6. The fourth-order valence-electron chi connectivity index (χ4n) is 4.11. The van der Waals surface area contributed by atoms with Gasteiger partial charge in [0.1, 0.15) is 11.5 Å². The van der Waals surface area contributed by atoms with Gasteiger partial charge in [-0.05, 0) is 49.6 Å². The van der Waals surface area contributed by atoms with Crippen molar-refractivity contribution in [1.82, 2.24) is 15.2 Å². The average molecular weight is 509 g/mol. The van der Waals surface area contributed by atoms with Crippen molar-refractivity contribution in [3.63, 3.8) is 0 Å². The van der Waals surface area contributed by atoms with Gasteiger partial charge in [-0.15, -0.1) is 0 Å². The molecule has 1 aromatic heterocycles. The summed E-state index contributed by atoms with van der Waals surface area (Å²) in [5.74, 6) is 0.548. The van der Waals surface area contributed by atoms with Gasteiger partial charge in [0.15, 0.2) is 5.17 Å². The van der Waals surface area contributed by atoms with E-state index in [9.17, 15) is 9.59 Å². The van der Waals surface area contributed by atoms with E-state index in [1.807, 2.05) is 34.6 Å². The molecule has 1 aromatic carbocycles. The highest BCUT2D eigenvalue weighted by atomic mass is 32.2. The number of esters is 1. The fraction of sp³-hybridized carbons (Fsp3) is 0.308. The van der Waals surface area contributed by atoms with Gasteiger partial charge in [-0.3, -0.25) is 9.78 Å². The first-order chi connectivity index (χ1) is 17.5. The molecule has 10 heteroatoms. The van der Waals surface area contributed by atoms with Crippen molar-refractivity contribution in [3.05, 3.63) is 76.2 Å². The van der Waals surface area contributed by atoms with E-state index in [2.05, 4.69) is 15.3 Å². The summed E-state index contributed by atoms with van der Waals surface area (Å²) in [5, 5.41) is 5.47. The Morgan fingerprint density at radius 1 is 1.17 bits per heavy atom. The van der Waals surface area contributed by atoms with E-state index in [0.717, 1.165) is 5.69 Å². The van der Waals surface area contributed by atoms with Gasteiger partial charge in [-0.1, -0.05) is 17.8 Å². The van der Waals surface area contributed by atoms with Crippen LogP contribution in [0.1, 0.15) is 37.6 Å². The quantitative estimate of drug-likeness (QED) is 0.508. The number of carbonyl (C=O) groups is 2. The molecule has 3 heterocycles. The van der Waals surface area contributed by atoms with Gasteiger partial charge < -0.3 is 24.4 Å². The second-order valence-electron chi connectivity index (χ2n) is 8.00. The maximum Gasteiger partial charge on any atom is 0.338 e. The summed E-state index contributed by atoms with van der Waals surface area (Å²) in [6.07, 6.45) is 1.78. The minimum atomic E-state index is -0.619. The third kappa shape index (κ3) is 5.23. The van der Waals surface area contributed by atoms with Gasteiger partial charge in [0.2, 0.25) is 5.91 Å². The van der Waals surface area contributed by atoms with Crippen molar-refractivity contribution in [2.24, 2.45) is 4.99 Å². The molecule has 0 fully saturated rings. The number of nitrogens with zero attached hydrogens (tertiary/aromatic N) is 3. The molecule has 0 unspecified atom stereocenters. The summed E-state index contributed by atoms with van der Waals surface area (Å²) in [4.78, 5) is 36.9. The number of amidine groups is 1. The van der Waals surface area contributed by atoms with Crippen molar-refractivity contribution >= 4 is 28.8 Å². The molecule has 0 bridgehead atoms. The van der Waals surface area contributed by atoms with Crippen molar-refractivity contribution in [3.8, 4) is 11.5 Å². The van der Waals surface area contributed by atoms with E-state index in [1.165, 1.54) is 11.8 Å². The van der Waals surface area contributed by atoms with E-state index in [-0.39, 0.29) is 18.9 Å². The van der Waals surface area contributed by atoms with Gasteiger partial charge >= 0.3 is 5.97 Å². The molecule has 0 saturated carbocycles. The number of fused-ring (bicyclic) bond motifs is 1. The van der Waals surface area contributed by atoms with Crippen molar-refractivity contribution in [1.29, 1.82) is 0 Å². The van der Waals surface area contributed by atoms with Gasteiger partial charge in [-0.2, -0.15) is 0 Å². The SMILES string of the molecule is CCOC(=O)C1=C(C)N=C2SC=C(CC(=O)NCc3ccccn3)N2[C@H]1c1cc(OC)ccc1OC. The minimum absolute atomic E-state index is 0.0940. The highest BCUT2D eigenvalue weighted by Gasteiger charge is 2.42. The molecule has 9 nitrogen and oxygen atoms in total. The first-order valence-electron chi connectivity index (χ1n) is 11.5. The van der Waals surface area contributed by atoms with E-state index < -0.39 is 12.0 Å². The molecule has 1 amide bonds. The van der Waals surface area contributed by atoms with Crippen molar-refractivity contribution < 1.29 is 23.8 Å². The zero-order chi connectivity index (χ0) is 25.7. The summed E-state index contributed by atoms with van der Waals surface area (Å²) in [6, 6.07) is 10.4. The van der Waals surface area contributed by atoms with E-state index in [0.29, 0.717) is 45.7 Å². The maximum absolute atomic E-state index is 13.2. The first kappa shape index (κ1) is 25.3. The maximum atomic E-state index is 13.2. The van der Waals surface area contributed by atoms with Crippen LogP contribution in [-0.4, -0.2) is 47.8 Å². The van der Waals surface area contributed by atoms with E-state index in [1.54, 1.807) is 46.4 Å². The van der Waals surface area contributed by atoms with Gasteiger partial charge in [0, 0.05) is 17.5 Å². The number of carbonyl (C=O) groups excluding carboxylic acids is 2. The number of hydrogen-bond donors (Lipinski definition) is 1. The molecule has 36 heavy (non-hydrogen) atoms. The molecule has 1 N–H and O–H groups in total. The van der Waals surface area contributed by atoms with E-state index in [4.69, 9.17) is 14.2 Å². The molecule has 2 aliphatic rings. The largest absolute Gasteiger partial charge is 0.497 e. The van der Waals surface area contributed by atoms with Crippen LogP contribution in [0.4, 0.5) is 0 Å². The molecule has 188 valence electrons. The van der Waals surface area contributed by atoms with E-state index >= 15 is 0 Å². The molecule has 0 radical (unpaired) electrons. The van der Waals surface area contributed by atoms with Crippen LogP contribution in [0.3, 0.4) is 0 Å². The molecule has 0 spiro atoms. The molecule has 2 aliphatic heterocycles.